The van der Waals surface area contributed by atoms with E-state index in [1.54, 1.807) is 0 Å². The van der Waals surface area contributed by atoms with Gasteiger partial charge in [-0.3, -0.25) is 14.8 Å². The minimum Gasteiger partial charge on any atom is -0.465 e. The van der Waals surface area contributed by atoms with Crippen molar-refractivity contribution in [1.82, 2.24) is 0 Å². The third-order valence-corrected chi connectivity index (χ3v) is 4.71. The molecule has 2 aromatic rings. The molecule has 24 heavy (non-hydrogen) atoms. The first-order valence-corrected chi connectivity index (χ1v) is 8.26. The lowest BCUT2D eigenvalue weighted by molar-refractivity contribution is -0.384. The average Bonchev–Trinajstić information content (AvgIpc) is 2.55. The van der Waals surface area contributed by atoms with Gasteiger partial charge in [0.2, 0.25) is 0 Å². The average molecular weight is 371 g/mol. The van der Waals surface area contributed by atoms with Crippen LogP contribution in [0.4, 0.5) is 11.4 Å². The predicted molar refractivity (Wildman–Crippen MR) is 86.7 cm³/mol. The third kappa shape index (κ3) is 3.81. The van der Waals surface area contributed by atoms with Gasteiger partial charge in [-0.15, -0.1) is 0 Å². The maximum atomic E-state index is 12.3. The van der Waals surface area contributed by atoms with Gasteiger partial charge in [0.05, 0.1) is 27.5 Å². The predicted octanol–water partition coefficient (Wildman–Crippen LogP) is 2.84. The Hall–Kier alpha value is -2.65. The van der Waals surface area contributed by atoms with Gasteiger partial charge in [0.25, 0.3) is 15.7 Å². The van der Waals surface area contributed by atoms with E-state index in [0.29, 0.717) is 0 Å². The summed E-state index contributed by atoms with van der Waals surface area (Å²) in [5.41, 5.74) is -0.130. The molecule has 0 amide bonds. The van der Waals surface area contributed by atoms with Crippen molar-refractivity contribution >= 4 is 39.0 Å². The summed E-state index contributed by atoms with van der Waals surface area (Å²) in [6.45, 7) is 0. The zero-order valence-corrected chi connectivity index (χ0v) is 13.8. The maximum absolute atomic E-state index is 12.3. The number of nitro benzene ring substituents is 1. The van der Waals surface area contributed by atoms with Crippen LogP contribution in [-0.2, 0) is 14.8 Å². The van der Waals surface area contributed by atoms with Gasteiger partial charge in [-0.05, 0) is 30.3 Å². The number of hydrogen-bond acceptors (Lipinski definition) is 6. The smallest absolute Gasteiger partial charge is 0.339 e. The van der Waals surface area contributed by atoms with Crippen molar-refractivity contribution in [2.75, 3.05) is 11.8 Å². The topological polar surface area (TPSA) is 116 Å². The minimum absolute atomic E-state index is 0.00284. The van der Waals surface area contributed by atoms with E-state index in [2.05, 4.69) is 9.46 Å². The number of halogens is 1. The van der Waals surface area contributed by atoms with E-state index in [1.165, 1.54) is 25.3 Å². The van der Waals surface area contributed by atoms with Crippen molar-refractivity contribution in [2.45, 2.75) is 4.90 Å². The van der Waals surface area contributed by atoms with Crippen LogP contribution in [0.15, 0.2) is 47.4 Å². The number of rotatable bonds is 5. The molecule has 0 aliphatic heterocycles. The Kier molecular flexibility index (Phi) is 5.05. The van der Waals surface area contributed by atoms with E-state index < -0.39 is 20.9 Å². The standard InChI is InChI=1S/C14H11ClN2O6S/c1-23-14(18)12-8-9(2-7-13(12)15)16-24(21,22)11-5-3-10(4-6-11)17(19)20/h2-8,16H,1H3. The molecule has 0 radical (unpaired) electrons. The lowest BCUT2D eigenvalue weighted by Crippen LogP contribution is -2.13. The number of carbonyl (C=O) groups is 1. The fourth-order valence-electron chi connectivity index (χ4n) is 1.82. The number of benzene rings is 2. The molecule has 2 rings (SSSR count). The van der Waals surface area contributed by atoms with E-state index in [4.69, 9.17) is 11.6 Å². The molecular formula is C14H11ClN2O6S. The molecule has 1 N–H and O–H groups in total. The SMILES string of the molecule is COC(=O)c1cc(NS(=O)(=O)c2ccc([N+](=O)[O-])cc2)ccc1Cl. The number of nitrogens with zero attached hydrogens (tertiary/aromatic N) is 1. The van der Waals surface area contributed by atoms with Crippen LogP contribution in [0.5, 0.6) is 0 Å². The number of ether oxygens (including phenoxy) is 1. The summed E-state index contributed by atoms with van der Waals surface area (Å²) in [5, 5.41) is 10.7. The zero-order chi connectivity index (χ0) is 17.9. The fourth-order valence-corrected chi connectivity index (χ4v) is 3.06. The van der Waals surface area contributed by atoms with E-state index in [-0.39, 0.29) is 26.9 Å². The molecule has 0 aliphatic carbocycles. The van der Waals surface area contributed by atoms with E-state index in [1.807, 2.05) is 0 Å². The van der Waals surface area contributed by atoms with Crippen molar-refractivity contribution in [2.24, 2.45) is 0 Å². The van der Waals surface area contributed by atoms with Gasteiger partial charge in [0, 0.05) is 17.8 Å². The maximum Gasteiger partial charge on any atom is 0.339 e. The number of anilines is 1. The second kappa shape index (κ2) is 6.85. The number of methoxy groups -OCH3 is 1. The van der Waals surface area contributed by atoms with Crippen LogP contribution in [0, 0.1) is 10.1 Å². The van der Waals surface area contributed by atoms with Crippen molar-refractivity contribution in [3.63, 3.8) is 0 Å². The summed E-state index contributed by atoms with van der Waals surface area (Å²) in [7, 11) is -2.81. The first-order chi connectivity index (χ1) is 11.2. The van der Waals surface area contributed by atoms with Crippen molar-refractivity contribution < 1.29 is 22.9 Å². The highest BCUT2D eigenvalue weighted by Gasteiger charge is 2.18. The molecule has 0 saturated carbocycles. The quantitative estimate of drug-likeness (QED) is 0.491. The Bertz CT molecular complexity index is 896. The fraction of sp³-hybridized carbons (Fsp3) is 0.0714. The number of carbonyl (C=O) groups excluding carboxylic acids is 1. The Morgan fingerprint density at radius 1 is 1.21 bits per heavy atom. The summed E-state index contributed by atoms with van der Waals surface area (Å²) < 4.78 is 31.4. The first kappa shape index (κ1) is 17.7. The molecular weight excluding hydrogens is 360 g/mol. The van der Waals surface area contributed by atoms with Gasteiger partial charge in [0.15, 0.2) is 0 Å². The van der Waals surface area contributed by atoms with Crippen molar-refractivity contribution in [1.29, 1.82) is 0 Å². The lowest BCUT2D eigenvalue weighted by Gasteiger charge is -2.10. The second-order valence-electron chi connectivity index (χ2n) is 4.54. The molecule has 0 spiro atoms. The minimum atomic E-state index is -3.99. The Balaban J connectivity index is 2.32. The molecule has 0 bridgehead atoms. The van der Waals surface area contributed by atoms with E-state index in [0.717, 1.165) is 24.3 Å². The van der Waals surface area contributed by atoms with Crippen LogP contribution in [0.1, 0.15) is 10.4 Å². The molecule has 126 valence electrons. The molecule has 2 aromatic carbocycles. The van der Waals surface area contributed by atoms with Gasteiger partial charge in [-0.25, -0.2) is 13.2 Å². The number of esters is 1. The highest BCUT2D eigenvalue weighted by Crippen LogP contribution is 2.24. The molecule has 0 saturated heterocycles. The molecule has 10 heteroatoms. The summed E-state index contributed by atoms with van der Waals surface area (Å²) in [4.78, 5) is 21.4. The van der Waals surface area contributed by atoms with Gasteiger partial charge >= 0.3 is 5.97 Å². The largest absolute Gasteiger partial charge is 0.465 e. The van der Waals surface area contributed by atoms with Gasteiger partial charge in [-0.1, -0.05) is 11.6 Å². The molecule has 0 aromatic heterocycles. The van der Waals surface area contributed by atoms with Crippen molar-refractivity contribution in [3.05, 3.63) is 63.2 Å². The number of hydrogen-bond donors (Lipinski definition) is 1. The van der Waals surface area contributed by atoms with Crippen LogP contribution in [0.2, 0.25) is 5.02 Å². The van der Waals surface area contributed by atoms with Gasteiger partial charge < -0.3 is 4.74 Å². The Morgan fingerprint density at radius 3 is 2.38 bits per heavy atom. The van der Waals surface area contributed by atoms with Crippen LogP contribution < -0.4 is 4.72 Å². The number of nitrogens with one attached hydrogen (secondary N) is 1. The zero-order valence-electron chi connectivity index (χ0n) is 12.2. The van der Waals surface area contributed by atoms with Gasteiger partial charge in [-0.2, -0.15) is 0 Å². The number of nitro groups is 1. The monoisotopic (exact) mass is 370 g/mol. The molecule has 0 atom stereocenters. The van der Waals surface area contributed by atoms with Crippen LogP contribution in [0.25, 0.3) is 0 Å². The molecule has 8 nitrogen and oxygen atoms in total. The Labute approximate surface area is 142 Å². The molecule has 0 heterocycles. The second-order valence-corrected chi connectivity index (χ2v) is 6.63. The summed E-state index contributed by atoms with van der Waals surface area (Å²) >= 11 is 5.86. The summed E-state index contributed by atoms with van der Waals surface area (Å²) in [5.74, 6) is -0.712. The van der Waals surface area contributed by atoms with Crippen LogP contribution >= 0.6 is 11.6 Å². The highest BCUT2D eigenvalue weighted by molar-refractivity contribution is 7.92. The number of sulfonamides is 1. The third-order valence-electron chi connectivity index (χ3n) is 2.98. The summed E-state index contributed by atoms with van der Waals surface area (Å²) in [6, 6.07) is 8.33. The number of non-ortho nitro benzene ring substituents is 1. The normalized spacial score (nSPS) is 10.9. The lowest BCUT2D eigenvalue weighted by atomic mass is 10.2. The van der Waals surface area contributed by atoms with E-state index in [9.17, 15) is 23.3 Å². The summed E-state index contributed by atoms with van der Waals surface area (Å²) in [6.07, 6.45) is 0. The molecule has 0 aliphatic rings. The van der Waals surface area contributed by atoms with Crippen LogP contribution in [0.3, 0.4) is 0 Å². The molecule has 0 unspecified atom stereocenters. The Morgan fingerprint density at radius 2 is 1.83 bits per heavy atom. The van der Waals surface area contributed by atoms with Gasteiger partial charge in [0.1, 0.15) is 0 Å². The van der Waals surface area contributed by atoms with Crippen LogP contribution in [-0.4, -0.2) is 26.4 Å². The first-order valence-electron chi connectivity index (χ1n) is 6.40. The van der Waals surface area contributed by atoms with Crippen molar-refractivity contribution in [3.8, 4) is 0 Å². The highest BCUT2D eigenvalue weighted by atomic mass is 35.5. The van der Waals surface area contributed by atoms with E-state index >= 15 is 0 Å². The molecule has 0 fully saturated rings.